The van der Waals surface area contributed by atoms with E-state index in [1.54, 1.807) is 0 Å². The van der Waals surface area contributed by atoms with Crippen LogP contribution in [0, 0.1) is 6.92 Å². The quantitative estimate of drug-likeness (QED) is 0.675. The topological polar surface area (TPSA) is 67.9 Å². The third-order valence-electron chi connectivity index (χ3n) is 2.34. The van der Waals surface area contributed by atoms with E-state index in [1.807, 2.05) is 31.2 Å². The molecule has 5 nitrogen and oxygen atoms in total. The number of H-pyrrole nitrogens is 1. The van der Waals surface area contributed by atoms with Gasteiger partial charge in [0.2, 0.25) is 5.16 Å². The molecule has 1 heterocycles. The van der Waals surface area contributed by atoms with Crippen molar-refractivity contribution in [3.8, 4) is 11.4 Å². The van der Waals surface area contributed by atoms with Gasteiger partial charge in [0.25, 0.3) is 0 Å². The summed E-state index contributed by atoms with van der Waals surface area (Å²) in [6.07, 6.45) is 0. The van der Waals surface area contributed by atoms with E-state index < -0.39 is 0 Å². The number of carbonyl (C=O) groups excluding carboxylic acids is 1. The number of ether oxygens (including phenoxy) is 1. The van der Waals surface area contributed by atoms with Crippen molar-refractivity contribution in [2.24, 2.45) is 0 Å². The minimum Gasteiger partial charge on any atom is -0.468 e. The van der Waals surface area contributed by atoms with Gasteiger partial charge in [-0.2, -0.15) is 0 Å². The molecule has 0 spiro atoms. The number of methoxy groups -OCH3 is 1. The van der Waals surface area contributed by atoms with Crippen LogP contribution < -0.4 is 0 Å². The van der Waals surface area contributed by atoms with E-state index in [0.717, 1.165) is 5.56 Å². The summed E-state index contributed by atoms with van der Waals surface area (Å²) >= 11 is 1.24. The van der Waals surface area contributed by atoms with Gasteiger partial charge < -0.3 is 4.74 Å². The van der Waals surface area contributed by atoms with Crippen molar-refractivity contribution in [3.63, 3.8) is 0 Å². The largest absolute Gasteiger partial charge is 0.468 e. The van der Waals surface area contributed by atoms with E-state index in [-0.39, 0.29) is 11.7 Å². The second-order valence-electron chi connectivity index (χ2n) is 3.70. The Morgan fingerprint density at radius 2 is 2.11 bits per heavy atom. The van der Waals surface area contributed by atoms with Crippen LogP contribution in [0.4, 0.5) is 0 Å². The molecule has 0 aliphatic carbocycles. The molecule has 94 valence electrons. The molecule has 0 saturated carbocycles. The lowest BCUT2D eigenvalue weighted by Crippen LogP contribution is -2.03. The Kier molecular flexibility index (Phi) is 3.99. The van der Waals surface area contributed by atoms with E-state index in [1.165, 1.54) is 24.4 Å². The van der Waals surface area contributed by atoms with Gasteiger partial charge in [0.15, 0.2) is 5.82 Å². The molecule has 0 aliphatic rings. The second-order valence-corrected chi connectivity index (χ2v) is 4.64. The van der Waals surface area contributed by atoms with E-state index in [4.69, 9.17) is 0 Å². The van der Waals surface area contributed by atoms with Crippen LogP contribution >= 0.6 is 11.8 Å². The average Bonchev–Trinajstić information content (AvgIpc) is 2.85. The zero-order chi connectivity index (χ0) is 13.0. The molecule has 0 atom stereocenters. The number of nitrogens with zero attached hydrogens (tertiary/aromatic N) is 2. The summed E-state index contributed by atoms with van der Waals surface area (Å²) in [6, 6.07) is 7.98. The normalized spacial score (nSPS) is 10.3. The molecule has 0 unspecified atom stereocenters. The minimum atomic E-state index is -0.290. The Balaban J connectivity index is 2.06. The second kappa shape index (κ2) is 5.68. The van der Waals surface area contributed by atoms with Gasteiger partial charge in [-0.3, -0.25) is 9.89 Å². The van der Waals surface area contributed by atoms with E-state index in [9.17, 15) is 4.79 Å². The molecule has 1 N–H and O–H groups in total. The molecule has 0 saturated heterocycles. The fourth-order valence-corrected chi connectivity index (χ4v) is 1.96. The van der Waals surface area contributed by atoms with Crippen LogP contribution in [0.1, 0.15) is 5.56 Å². The van der Waals surface area contributed by atoms with Gasteiger partial charge in [-0.05, 0) is 6.92 Å². The lowest BCUT2D eigenvalue weighted by atomic mass is 10.1. The van der Waals surface area contributed by atoms with Crippen LogP contribution in [0.3, 0.4) is 0 Å². The lowest BCUT2D eigenvalue weighted by molar-refractivity contribution is -0.137. The fourth-order valence-electron chi connectivity index (χ4n) is 1.33. The average molecular weight is 263 g/mol. The highest BCUT2D eigenvalue weighted by Gasteiger charge is 2.08. The van der Waals surface area contributed by atoms with E-state index in [0.29, 0.717) is 11.0 Å². The van der Waals surface area contributed by atoms with Crippen LogP contribution in [-0.2, 0) is 9.53 Å². The maximum absolute atomic E-state index is 11.0. The molecule has 0 aliphatic heterocycles. The Bertz CT molecular complexity index is 537. The molecule has 0 fully saturated rings. The van der Waals surface area contributed by atoms with Crippen LogP contribution in [0.15, 0.2) is 29.4 Å². The third-order valence-corrected chi connectivity index (χ3v) is 3.16. The maximum atomic E-state index is 11.0. The molecule has 0 bridgehead atoms. The highest BCUT2D eigenvalue weighted by Crippen LogP contribution is 2.19. The Morgan fingerprint density at radius 1 is 1.39 bits per heavy atom. The minimum absolute atomic E-state index is 0.210. The van der Waals surface area contributed by atoms with Crippen molar-refractivity contribution in [3.05, 3.63) is 29.8 Å². The molecular weight excluding hydrogens is 250 g/mol. The predicted octanol–water partition coefficient (Wildman–Crippen LogP) is 2.05. The SMILES string of the molecule is COC(=O)CSc1n[nH]c(-c2ccc(C)cc2)n1. The molecular formula is C12H13N3O2S. The first-order valence-electron chi connectivity index (χ1n) is 5.38. The first-order valence-corrected chi connectivity index (χ1v) is 6.36. The van der Waals surface area contributed by atoms with Crippen LogP contribution in [0.5, 0.6) is 0 Å². The summed E-state index contributed by atoms with van der Waals surface area (Å²) in [5.41, 5.74) is 2.16. The monoisotopic (exact) mass is 263 g/mol. The highest BCUT2D eigenvalue weighted by molar-refractivity contribution is 7.99. The molecule has 2 rings (SSSR count). The number of esters is 1. The van der Waals surface area contributed by atoms with Crippen molar-refractivity contribution >= 4 is 17.7 Å². The van der Waals surface area contributed by atoms with Crippen molar-refractivity contribution in [1.82, 2.24) is 15.2 Å². The number of nitrogens with one attached hydrogen (secondary N) is 1. The van der Waals surface area contributed by atoms with Gasteiger partial charge >= 0.3 is 5.97 Å². The van der Waals surface area contributed by atoms with Gasteiger partial charge in [-0.25, -0.2) is 4.98 Å². The van der Waals surface area contributed by atoms with Crippen molar-refractivity contribution in [1.29, 1.82) is 0 Å². The van der Waals surface area contributed by atoms with Crippen molar-refractivity contribution < 1.29 is 9.53 Å². The predicted molar refractivity (Wildman–Crippen MR) is 69.3 cm³/mol. The van der Waals surface area contributed by atoms with Crippen molar-refractivity contribution in [2.75, 3.05) is 12.9 Å². The van der Waals surface area contributed by atoms with Gasteiger partial charge in [-0.15, -0.1) is 5.10 Å². The number of benzene rings is 1. The van der Waals surface area contributed by atoms with Gasteiger partial charge in [0.05, 0.1) is 12.9 Å². The van der Waals surface area contributed by atoms with Crippen LogP contribution in [-0.4, -0.2) is 34.0 Å². The van der Waals surface area contributed by atoms with Gasteiger partial charge in [-0.1, -0.05) is 41.6 Å². The number of thioether (sulfide) groups is 1. The Hall–Kier alpha value is -1.82. The maximum Gasteiger partial charge on any atom is 0.316 e. The third kappa shape index (κ3) is 3.10. The number of hydrogen-bond acceptors (Lipinski definition) is 5. The molecule has 6 heteroatoms. The summed E-state index contributed by atoms with van der Waals surface area (Å²) in [5, 5.41) is 7.43. The number of aromatic nitrogens is 3. The molecule has 1 aromatic heterocycles. The molecule has 2 aromatic rings. The number of aromatic amines is 1. The van der Waals surface area contributed by atoms with Crippen LogP contribution in [0.25, 0.3) is 11.4 Å². The summed E-state index contributed by atoms with van der Waals surface area (Å²) in [4.78, 5) is 15.3. The summed E-state index contributed by atoms with van der Waals surface area (Å²) in [5.74, 6) is 0.617. The van der Waals surface area contributed by atoms with E-state index >= 15 is 0 Å². The Morgan fingerprint density at radius 3 is 2.78 bits per heavy atom. The summed E-state index contributed by atoms with van der Waals surface area (Å²) in [6.45, 7) is 2.03. The number of carbonyl (C=O) groups is 1. The zero-order valence-corrected chi connectivity index (χ0v) is 11.0. The molecule has 0 radical (unpaired) electrons. The van der Waals surface area contributed by atoms with E-state index in [2.05, 4.69) is 19.9 Å². The standard InChI is InChI=1S/C12H13N3O2S/c1-8-3-5-9(6-4-8)11-13-12(15-14-11)18-7-10(16)17-2/h3-6H,7H2,1-2H3,(H,13,14,15). The smallest absolute Gasteiger partial charge is 0.316 e. The zero-order valence-electron chi connectivity index (χ0n) is 10.1. The van der Waals surface area contributed by atoms with Crippen molar-refractivity contribution in [2.45, 2.75) is 12.1 Å². The van der Waals surface area contributed by atoms with Crippen LogP contribution in [0.2, 0.25) is 0 Å². The first kappa shape index (κ1) is 12.6. The molecule has 1 aromatic carbocycles. The highest BCUT2D eigenvalue weighted by atomic mass is 32.2. The number of hydrogen-bond donors (Lipinski definition) is 1. The number of aryl methyl sites for hydroxylation is 1. The van der Waals surface area contributed by atoms with Gasteiger partial charge in [0.1, 0.15) is 0 Å². The number of rotatable bonds is 4. The first-order chi connectivity index (χ1) is 8.69. The van der Waals surface area contributed by atoms with Gasteiger partial charge in [0, 0.05) is 5.56 Å². The Labute approximate surface area is 109 Å². The summed E-state index contributed by atoms with van der Waals surface area (Å²) in [7, 11) is 1.36. The molecule has 0 amide bonds. The summed E-state index contributed by atoms with van der Waals surface area (Å²) < 4.78 is 4.55. The molecule has 18 heavy (non-hydrogen) atoms. The lowest BCUT2D eigenvalue weighted by Gasteiger charge is -1.96. The fraction of sp³-hybridized carbons (Fsp3) is 0.250.